The number of hydrogen-bond acceptors (Lipinski definition) is 15. The fourth-order valence-electron chi connectivity index (χ4n) is 12.7. The summed E-state index contributed by atoms with van der Waals surface area (Å²) in [5, 5.41) is 10.6. The summed E-state index contributed by atoms with van der Waals surface area (Å²) in [6.07, 6.45) is 63.9. The molecule has 0 amide bonds. The topological polar surface area (TPSA) is 237 Å². The van der Waals surface area contributed by atoms with Crippen molar-refractivity contribution in [2.45, 2.75) is 452 Å². The Bertz CT molecular complexity index is 1940. The standard InChI is InChI=1S/C82H160O17P2/c1-7-10-12-14-16-18-20-21-22-23-24-25-26-31-34-37-41-48-54-60-66-81(86)98-77(70-93-80(85)65-59-53-47-40-36-33-30-28-27-29-32-35-38-44-50-56-62-74(4)5)72-96-100(88,89)94-68-76(83)69-95-101(90,91)97-73-78(71-92-79(84)64-58-52-46-39-19-17-15-13-11-8-2)99-82(87)67-61-55-49-43-42-45-51-57-63-75(6)9-3/h74-78,83H,7-73H2,1-6H3,(H,88,89)(H,90,91)/t75?,76-,77-,78-/m1/s1. The van der Waals surface area contributed by atoms with E-state index in [2.05, 4.69) is 41.5 Å². The van der Waals surface area contributed by atoms with Gasteiger partial charge in [-0.2, -0.15) is 0 Å². The highest BCUT2D eigenvalue weighted by Crippen LogP contribution is 2.45. The number of phosphoric ester groups is 2. The van der Waals surface area contributed by atoms with Crippen LogP contribution in [-0.4, -0.2) is 96.7 Å². The van der Waals surface area contributed by atoms with Crippen LogP contribution in [0.25, 0.3) is 0 Å². The van der Waals surface area contributed by atoms with Crippen molar-refractivity contribution in [1.82, 2.24) is 0 Å². The largest absolute Gasteiger partial charge is 0.472 e. The maximum absolute atomic E-state index is 13.1. The fourth-order valence-corrected chi connectivity index (χ4v) is 14.3. The van der Waals surface area contributed by atoms with Gasteiger partial charge in [-0.25, -0.2) is 9.13 Å². The van der Waals surface area contributed by atoms with Crippen molar-refractivity contribution < 1.29 is 80.2 Å². The molecule has 0 aliphatic heterocycles. The summed E-state index contributed by atoms with van der Waals surface area (Å²) in [6.45, 7) is 9.66. The quantitative estimate of drug-likeness (QED) is 0.0222. The number of unbranched alkanes of at least 4 members (excludes halogenated alkanes) is 50. The highest BCUT2D eigenvalue weighted by atomic mass is 31.2. The molecule has 0 spiro atoms. The van der Waals surface area contributed by atoms with Gasteiger partial charge in [-0.3, -0.25) is 37.3 Å². The third kappa shape index (κ3) is 74.7. The van der Waals surface area contributed by atoms with E-state index >= 15 is 0 Å². The minimum atomic E-state index is -4.96. The van der Waals surface area contributed by atoms with E-state index in [0.29, 0.717) is 25.7 Å². The second kappa shape index (κ2) is 73.6. The zero-order chi connectivity index (χ0) is 74.2. The Hall–Kier alpha value is -1.94. The minimum Gasteiger partial charge on any atom is -0.462 e. The van der Waals surface area contributed by atoms with Crippen LogP contribution in [0.1, 0.15) is 433 Å². The maximum atomic E-state index is 13.1. The molecule has 17 nitrogen and oxygen atoms in total. The Morgan fingerprint density at radius 3 is 0.752 bits per heavy atom. The number of hydrogen-bond donors (Lipinski definition) is 3. The van der Waals surface area contributed by atoms with Gasteiger partial charge in [0.25, 0.3) is 0 Å². The summed E-state index contributed by atoms with van der Waals surface area (Å²) < 4.78 is 68.7. The highest BCUT2D eigenvalue weighted by molar-refractivity contribution is 7.47. The molecule has 0 radical (unpaired) electrons. The first-order valence-corrected chi connectivity index (χ1v) is 45.5. The van der Waals surface area contributed by atoms with E-state index in [1.54, 1.807) is 0 Å². The van der Waals surface area contributed by atoms with Crippen molar-refractivity contribution in [3.63, 3.8) is 0 Å². The summed E-state index contributed by atoms with van der Waals surface area (Å²) in [7, 11) is -9.92. The summed E-state index contributed by atoms with van der Waals surface area (Å²) >= 11 is 0. The van der Waals surface area contributed by atoms with Gasteiger partial charge in [0.2, 0.25) is 0 Å². The summed E-state index contributed by atoms with van der Waals surface area (Å²) in [5.74, 6) is -0.527. The van der Waals surface area contributed by atoms with E-state index < -0.39 is 97.5 Å². The maximum Gasteiger partial charge on any atom is 0.472 e. The summed E-state index contributed by atoms with van der Waals surface area (Å²) in [6, 6.07) is 0. The number of aliphatic hydroxyl groups is 1. The van der Waals surface area contributed by atoms with E-state index in [1.807, 2.05) is 0 Å². The second-order valence-corrected chi connectivity index (χ2v) is 33.1. The molecular formula is C82H160O17P2. The molecule has 101 heavy (non-hydrogen) atoms. The molecule has 0 aliphatic rings. The molecule has 0 fully saturated rings. The Morgan fingerprint density at radius 2 is 0.505 bits per heavy atom. The highest BCUT2D eigenvalue weighted by Gasteiger charge is 2.30. The van der Waals surface area contributed by atoms with Crippen LogP contribution in [0.15, 0.2) is 0 Å². The molecule has 0 aromatic carbocycles. The average Bonchev–Trinajstić information content (AvgIpc) is 0.954. The zero-order valence-corrected chi connectivity index (χ0v) is 68.0. The number of ether oxygens (including phenoxy) is 4. The SMILES string of the molecule is CCCCCCCCCCCCCCCCCCCCCCC(=O)O[C@H](COC(=O)CCCCCCCCCCCCCCCCCCC(C)C)COP(=O)(O)OC[C@@H](O)COP(=O)(O)OC[C@@H](COC(=O)CCCCCCCCCCCC)OC(=O)CCCCCCCCCCC(C)CC. The molecule has 6 atom stereocenters. The first-order valence-electron chi connectivity index (χ1n) is 42.5. The molecule has 0 aromatic rings. The molecule has 0 rings (SSSR count). The molecule has 0 heterocycles. The molecular weight excluding hydrogens is 1320 g/mol. The van der Waals surface area contributed by atoms with Gasteiger partial charge in [0, 0.05) is 25.7 Å². The molecule has 19 heteroatoms. The number of carbonyl (C=O) groups is 4. The van der Waals surface area contributed by atoms with Gasteiger partial charge >= 0.3 is 39.5 Å². The van der Waals surface area contributed by atoms with Gasteiger partial charge < -0.3 is 33.8 Å². The number of phosphoric acid groups is 2. The van der Waals surface area contributed by atoms with Crippen LogP contribution in [0.3, 0.4) is 0 Å². The Morgan fingerprint density at radius 1 is 0.287 bits per heavy atom. The lowest BCUT2D eigenvalue weighted by Crippen LogP contribution is -2.30. The van der Waals surface area contributed by atoms with Crippen LogP contribution in [0, 0.1) is 11.8 Å². The molecule has 600 valence electrons. The second-order valence-electron chi connectivity index (χ2n) is 30.2. The average molecular weight is 1480 g/mol. The van der Waals surface area contributed by atoms with Crippen molar-refractivity contribution in [3.05, 3.63) is 0 Å². The monoisotopic (exact) mass is 1480 g/mol. The number of esters is 4. The van der Waals surface area contributed by atoms with Gasteiger partial charge in [-0.05, 0) is 37.5 Å². The molecule has 3 N–H and O–H groups in total. The van der Waals surface area contributed by atoms with Gasteiger partial charge in [0.05, 0.1) is 26.4 Å². The molecule has 0 saturated heterocycles. The normalized spacial score (nSPS) is 14.2. The van der Waals surface area contributed by atoms with Crippen LogP contribution in [0.2, 0.25) is 0 Å². The predicted octanol–water partition coefficient (Wildman–Crippen LogP) is 24.7. The summed E-state index contributed by atoms with van der Waals surface area (Å²) in [4.78, 5) is 73.0. The molecule has 0 saturated carbocycles. The van der Waals surface area contributed by atoms with E-state index in [0.717, 1.165) is 102 Å². The number of carbonyl (C=O) groups excluding carboxylic acids is 4. The van der Waals surface area contributed by atoms with Crippen molar-refractivity contribution in [3.8, 4) is 0 Å². The number of rotatable bonds is 81. The van der Waals surface area contributed by atoms with Gasteiger partial charge in [0.1, 0.15) is 19.3 Å². The van der Waals surface area contributed by atoms with Crippen LogP contribution in [0.5, 0.6) is 0 Å². The minimum absolute atomic E-state index is 0.105. The van der Waals surface area contributed by atoms with E-state index in [4.69, 9.17) is 37.0 Å². The van der Waals surface area contributed by atoms with Crippen LogP contribution in [0.4, 0.5) is 0 Å². The van der Waals surface area contributed by atoms with Gasteiger partial charge in [-0.15, -0.1) is 0 Å². The Labute approximate surface area is 619 Å². The van der Waals surface area contributed by atoms with E-state index in [9.17, 15) is 43.2 Å². The summed E-state index contributed by atoms with van der Waals surface area (Å²) in [5.41, 5.74) is 0. The number of aliphatic hydroxyl groups excluding tert-OH is 1. The van der Waals surface area contributed by atoms with Gasteiger partial charge in [-0.1, -0.05) is 382 Å². The third-order valence-corrected chi connectivity index (χ3v) is 21.5. The lowest BCUT2D eigenvalue weighted by atomic mass is 9.99. The zero-order valence-electron chi connectivity index (χ0n) is 66.2. The first kappa shape index (κ1) is 99.1. The van der Waals surface area contributed by atoms with Crippen molar-refractivity contribution in [2.24, 2.45) is 11.8 Å². The predicted molar refractivity (Wildman–Crippen MR) is 414 cm³/mol. The first-order chi connectivity index (χ1) is 48.9. The lowest BCUT2D eigenvalue weighted by molar-refractivity contribution is -0.161. The Kier molecular flexibility index (Phi) is 72.2. The molecule has 0 aromatic heterocycles. The van der Waals surface area contributed by atoms with Gasteiger partial charge in [0.15, 0.2) is 12.2 Å². The third-order valence-electron chi connectivity index (χ3n) is 19.6. The van der Waals surface area contributed by atoms with Crippen LogP contribution in [-0.2, 0) is 65.4 Å². The molecule has 0 bridgehead atoms. The van der Waals surface area contributed by atoms with Crippen LogP contribution < -0.4 is 0 Å². The van der Waals surface area contributed by atoms with E-state index in [-0.39, 0.29) is 25.7 Å². The molecule has 0 aliphatic carbocycles. The Balaban J connectivity index is 5.22. The van der Waals surface area contributed by atoms with Crippen molar-refractivity contribution >= 4 is 39.5 Å². The lowest BCUT2D eigenvalue weighted by Gasteiger charge is -2.21. The smallest absolute Gasteiger partial charge is 0.462 e. The van der Waals surface area contributed by atoms with Crippen molar-refractivity contribution in [2.75, 3.05) is 39.6 Å². The van der Waals surface area contributed by atoms with Crippen molar-refractivity contribution in [1.29, 1.82) is 0 Å². The fraction of sp³-hybridized carbons (Fsp3) is 0.951. The van der Waals surface area contributed by atoms with Crippen LogP contribution >= 0.6 is 15.6 Å². The van der Waals surface area contributed by atoms with E-state index in [1.165, 1.54) is 250 Å². The molecule has 3 unspecified atom stereocenters.